The number of primary amides is 1. The molecular formula is C49H68N10O11. The van der Waals surface area contributed by atoms with E-state index in [1.54, 1.807) is 91.0 Å². The van der Waals surface area contributed by atoms with E-state index in [9.17, 15) is 53.4 Å². The Morgan fingerprint density at radius 1 is 0.400 bits per heavy atom. The molecule has 0 bridgehead atoms. The van der Waals surface area contributed by atoms with Gasteiger partial charge >= 0.3 is 11.9 Å². The fourth-order valence-electron chi connectivity index (χ4n) is 7.31. The lowest BCUT2D eigenvalue weighted by molar-refractivity contribution is -0.139. The lowest BCUT2D eigenvalue weighted by Gasteiger charge is -2.28. The van der Waals surface area contributed by atoms with Gasteiger partial charge in [0.25, 0.3) is 0 Å². The summed E-state index contributed by atoms with van der Waals surface area (Å²) in [6, 6.07) is 16.6. The van der Waals surface area contributed by atoms with Gasteiger partial charge in [-0.2, -0.15) is 0 Å². The summed E-state index contributed by atoms with van der Waals surface area (Å²) in [5, 5.41) is 34.5. The van der Waals surface area contributed by atoms with E-state index in [4.69, 9.17) is 22.9 Å². The van der Waals surface area contributed by atoms with Crippen LogP contribution in [0, 0.1) is 0 Å². The highest BCUT2D eigenvalue weighted by molar-refractivity contribution is 5.97. The molecule has 16 N–H and O–H groups in total. The van der Waals surface area contributed by atoms with Crippen molar-refractivity contribution in [1.82, 2.24) is 31.9 Å². The summed E-state index contributed by atoms with van der Waals surface area (Å²) in [5.41, 5.74) is 24.8. The van der Waals surface area contributed by atoms with Crippen molar-refractivity contribution in [3.8, 4) is 0 Å². The maximum Gasteiger partial charge on any atom is 0.303 e. The third-order valence-corrected chi connectivity index (χ3v) is 11.2. The maximum absolute atomic E-state index is 14.4. The lowest BCUT2D eigenvalue weighted by atomic mass is 10.0. The highest BCUT2D eigenvalue weighted by atomic mass is 16.4. The second-order valence-corrected chi connectivity index (χ2v) is 16.9. The molecule has 0 radical (unpaired) electrons. The van der Waals surface area contributed by atoms with Crippen molar-refractivity contribution >= 4 is 53.3 Å². The summed E-state index contributed by atoms with van der Waals surface area (Å²) < 4.78 is 0. The average Bonchev–Trinajstić information content (AvgIpc) is 3.33. The Morgan fingerprint density at radius 3 is 1.06 bits per heavy atom. The molecule has 0 aliphatic rings. The third-order valence-electron chi connectivity index (χ3n) is 11.2. The van der Waals surface area contributed by atoms with E-state index in [0.717, 1.165) is 0 Å². The molecule has 0 aliphatic heterocycles. The van der Waals surface area contributed by atoms with E-state index in [0.29, 0.717) is 55.3 Å². The second-order valence-electron chi connectivity index (χ2n) is 16.9. The number of aliphatic carboxylic acids is 2. The highest BCUT2D eigenvalue weighted by Crippen LogP contribution is 2.12. The van der Waals surface area contributed by atoms with Gasteiger partial charge in [-0.1, -0.05) is 97.4 Å². The van der Waals surface area contributed by atoms with Crippen molar-refractivity contribution in [1.29, 1.82) is 0 Å². The predicted molar refractivity (Wildman–Crippen MR) is 259 cm³/mol. The van der Waals surface area contributed by atoms with E-state index in [1.165, 1.54) is 0 Å². The Labute approximate surface area is 407 Å². The minimum atomic E-state index is -1.54. The van der Waals surface area contributed by atoms with E-state index in [-0.39, 0.29) is 38.6 Å². The zero-order valence-corrected chi connectivity index (χ0v) is 39.2. The summed E-state index contributed by atoms with van der Waals surface area (Å²) in [7, 11) is 0. The standard InChI is InChI=1S/C49H68N10O11/c50-26-12-10-20-34(52)44(65)57-38(28-31-14-4-1-5-15-31)48(69)56-37(23-25-42(62)63)46(67)59-40(30-33-18-8-3-9-19-33)49(70)55-36(21-11-13-27-51)45(66)58-39(29-32-16-6-2-7-17-32)47(68)54-35(43(53)64)22-24-41(60)61/h1-9,14-19,34-40H,10-13,20-30,50-52H2,(H2,53,64)(H,54,68)(H,55,70)(H,56,69)(H,57,65)(H,58,66)(H,59,67)(H,60,61)(H,62,63)/t34-,35-,36-,37-,38-,39-,40-/m0/s1. The predicted octanol–water partition coefficient (Wildman–Crippen LogP) is -0.577. The Balaban J connectivity index is 1.95. The maximum atomic E-state index is 14.4. The van der Waals surface area contributed by atoms with Crippen LogP contribution in [0.3, 0.4) is 0 Å². The van der Waals surface area contributed by atoms with Gasteiger partial charge in [-0.25, -0.2) is 0 Å². The molecule has 21 heteroatoms. The molecule has 0 aromatic heterocycles. The average molecular weight is 973 g/mol. The number of carbonyl (C=O) groups is 9. The van der Waals surface area contributed by atoms with E-state index < -0.39 is 115 Å². The van der Waals surface area contributed by atoms with Crippen molar-refractivity contribution in [3.05, 3.63) is 108 Å². The van der Waals surface area contributed by atoms with Crippen molar-refractivity contribution in [2.75, 3.05) is 13.1 Å². The zero-order chi connectivity index (χ0) is 51.4. The molecule has 3 aromatic carbocycles. The van der Waals surface area contributed by atoms with Gasteiger partial charge in [-0.3, -0.25) is 43.2 Å². The zero-order valence-electron chi connectivity index (χ0n) is 39.2. The molecule has 0 saturated heterocycles. The van der Waals surface area contributed by atoms with Crippen LogP contribution < -0.4 is 54.8 Å². The van der Waals surface area contributed by atoms with E-state index in [2.05, 4.69) is 31.9 Å². The molecule has 21 nitrogen and oxygen atoms in total. The first-order valence-electron chi connectivity index (χ1n) is 23.3. The summed E-state index contributed by atoms with van der Waals surface area (Å²) in [5.74, 6) is -8.39. The van der Waals surface area contributed by atoms with Crippen LogP contribution in [0.25, 0.3) is 0 Å². The number of nitrogens with two attached hydrogens (primary N) is 4. The van der Waals surface area contributed by atoms with Crippen LogP contribution >= 0.6 is 0 Å². The molecule has 70 heavy (non-hydrogen) atoms. The SMILES string of the molecule is NCCCC[C@H](NC(=O)[C@H](Cc1ccccc1)NC(=O)[C@H](CCC(=O)O)NC(=O)[C@H](Cc1ccccc1)NC(=O)[C@@H](N)CCCCN)C(=O)N[C@@H](Cc1ccccc1)C(=O)N[C@@H](CCC(=O)O)C(N)=O. The molecule has 380 valence electrons. The molecule has 0 heterocycles. The van der Waals surface area contributed by atoms with Crippen LogP contribution in [0.4, 0.5) is 0 Å². The molecular weight excluding hydrogens is 905 g/mol. The number of hydrogen-bond acceptors (Lipinski definition) is 12. The number of carbonyl (C=O) groups excluding carboxylic acids is 7. The van der Waals surface area contributed by atoms with E-state index >= 15 is 0 Å². The summed E-state index contributed by atoms with van der Waals surface area (Å²) in [4.78, 5) is 119. The van der Waals surface area contributed by atoms with Crippen LogP contribution in [0.5, 0.6) is 0 Å². The molecule has 0 unspecified atom stereocenters. The van der Waals surface area contributed by atoms with Gasteiger partial charge in [-0.05, 0) is 74.7 Å². The number of carboxylic acids is 2. The molecule has 7 amide bonds. The van der Waals surface area contributed by atoms with Crippen LogP contribution in [-0.2, 0) is 62.4 Å². The Hall–Kier alpha value is -7.23. The third kappa shape index (κ3) is 21.4. The first-order valence-corrected chi connectivity index (χ1v) is 23.3. The second kappa shape index (κ2) is 31.0. The van der Waals surface area contributed by atoms with Gasteiger partial charge in [-0.15, -0.1) is 0 Å². The molecule has 3 aromatic rings. The molecule has 3 rings (SSSR count). The van der Waals surface area contributed by atoms with Gasteiger partial charge in [0.15, 0.2) is 0 Å². The molecule has 0 spiro atoms. The molecule has 0 fully saturated rings. The number of nitrogens with one attached hydrogen (secondary N) is 6. The monoisotopic (exact) mass is 973 g/mol. The number of rotatable bonds is 33. The number of hydrogen-bond donors (Lipinski definition) is 12. The largest absolute Gasteiger partial charge is 0.481 e. The number of amides is 7. The smallest absolute Gasteiger partial charge is 0.303 e. The summed E-state index contributed by atoms with van der Waals surface area (Å²) in [6.45, 7) is 0.655. The van der Waals surface area contributed by atoms with Gasteiger partial charge in [0.2, 0.25) is 41.4 Å². The van der Waals surface area contributed by atoms with Gasteiger partial charge < -0.3 is 65.0 Å². The Bertz CT molecular complexity index is 2170. The van der Waals surface area contributed by atoms with Crippen LogP contribution in [-0.4, -0.2) is 119 Å². The first kappa shape index (κ1) is 57.1. The summed E-state index contributed by atoms with van der Waals surface area (Å²) in [6.07, 6.45) is 0.275. The topological polar surface area (TPSA) is 370 Å². The van der Waals surface area contributed by atoms with E-state index in [1.807, 2.05) is 0 Å². The van der Waals surface area contributed by atoms with Gasteiger partial charge in [0, 0.05) is 32.1 Å². The highest BCUT2D eigenvalue weighted by Gasteiger charge is 2.34. The molecule has 0 aliphatic carbocycles. The van der Waals surface area contributed by atoms with Gasteiger partial charge in [0.05, 0.1) is 6.04 Å². The van der Waals surface area contributed by atoms with Crippen LogP contribution in [0.1, 0.15) is 80.9 Å². The fourth-order valence-corrected chi connectivity index (χ4v) is 7.31. The van der Waals surface area contributed by atoms with Crippen molar-refractivity contribution in [2.45, 2.75) is 126 Å². The first-order chi connectivity index (χ1) is 33.5. The summed E-state index contributed by atoms with van der Waals surface area (Å²) >= 11 is 0. The normalized spacial score (nSPS) is 13.9. The number of benzene rings is 3. The minimum absolute atomic E-state index is 0.0157. The van der Waals surface area contributed by atoms with Crippen LogP contribution in [0.2, 0.25) is 0 Å². The number of unbranched alkanes of at least 4 members (excludes halogenated alkanes) is 2. The lowest BCUT2D eigenvalue weighted by Crippen LogP contribution is -2.60. The Kier molecular flexibility index (Phi) is 25.3. The molecule has 0 saturated carbocycles. The van der Waals surface area contributed by atoms with Crippen LogP contribution in [0.15, 0.2) is 91.0 Å². The minimum Gasteiger partial charge on any atom is -0.481 e. The Morgan fingerprint density at radius 2 is 0.700 bits per heavy atom. The molecule has 7 atom stereocenters. The van der Waals surface area contributed by atoms with Crippen molar-refractivity contribution in [3.63, 3.8) is 0 Å². The van der Waals surface area contributed by atoms with Crippen molar-refractivity contribution < 1.29 is 53.4 Å². The fraction of sp³-hybridized carbons (Fsp3) is 0.449. The van der Waals surface area contributed by atoms with Crippen molar-refractivity contribution in [2.24, 2.45) is 22.9 Å². The quantitative estimate of drug-likeness (QED) is 0.0340. The van der Waals surface area contributed by atoms with Gasteiger partial charge in [0.1, 0.15) is 36.3 Å². The number of carboxylic acid groups (broad SMARTS) is 2.